The Labute approximate surface area is 298 Å². The summed E-state index contributed by atoms with van der Waals surface area (Å²) in [5.74, 6) is -2.26. The molecule has 4 aliphatic heterocycles. The van der Waals surface area contributed by atoms with E-state index in [1.54, 1.807) is 27.7 Å². The molecule has 290 valence electrons. The Hall–Kier alpha value is -1.39. The Morgan fingerprint density at radius 3 is 2.28 bits per heavy atom. The van der Waals surface area contributed by atoms with E-state index in [2.05, 4.69) is 0 Å². The molecule has 17 atom stereocenters. The molecule has 0 aromatic carbocycles. The van der Waals surface area contributed by atoms with E-state index in [9.17, 15) is 25.2 Å². The summed E-state index contributed by atoms with van der Waals surface area (Å²) in [4.78, 5) is 16.2. The van der Waals surface area contributed by atoms with Crippen LogP contribution in [0.25, 0.3) is 0 Å². The van der Waals surface area contributed by atoms with E-state index in [4.69, 9.17) is 33.2 Å². The Kier molecular flexibility index (Phi) is 12.8. The number of ether oxygens (including phenoxy) is 7. The number of cyclic esters (lactones) is 1. The molecule has 3 fully saturated rings. The van der Waals surface area contributed by atoms with Crippen molar-refractivity contribution in [3.63, 3.8) is 0 Å². The maximum Gasteiger partial charge on any atom is 0.311 e. The van der Waals surface area contributed by atoms with E-state index < -0.39 is 95.8 Å². The first-order chi connectivity index (χ1) is 23.1. The molecular weight excluding hydrogens is 650 g/mol. The third-order valence-electron chi connectivity index (χ3n) is 11.9. The molecule has 50 heavy (non-hydrogen) atoms. The van der Waals surface area contributed by atoms with E-state index in [1.807, 2.05) is 53.6 Å². The molecule has 0 spiro atoms. The lowest BCUT2D eigenvalue weighted by Crippen LogP contribution is -2.60. The number of aliphatic hydroxyl groups is 4. The molecule has 4 rings (SSSR count). The molecule has 4 N–H and O–H groups in total. The van der Waals surface area contributed by atoms with Crippen LogP contribution < -0.4 is 0 Å². The maximum atomic E-state index is 14.3. The van der Waals surface area contributed by atoms with Crippen molar-refractivity contribution in [2.45, 2.75) is 179 Å². The van der Waals surface area contributed by atoms with Crippen molar-refractivity contribution in [1.29, 1.82) is 0 Å². The van der Waals surface area contributed by atoms with Crippen molar-refractivity contribution in [3.8, 4) is 0 Å². The minimum Gasteiger partial charge on any atom is -0.488 e. The summed E-state index contributed by atoms with van der Waals surface area (Å²) < 4.78 is 44.8. The van der Waals surface area contributed by atoms with Gasteiger partial charge in [-0.3, -0.25) is 4.79 Å². The van der Waals surface area contributed by atoms with E-state index in [0.29, 0.717) is 18.6 Å². The number of carbonyl (C=O) groups is 1. The number of likely N-dealkylation sites (N-methyl/N-ethyl adjacent to an activating group) is 1. The van der Waals surface area contributed by atoms with Gasteiger partial charge in [-0.2, -0.15) is 0 Å². The van der Waals surface area contributed by atoms with Crippen LogP contribution in [0.5, 0.6) is 0 Å². The molecule has 4 heterocycles. The molecule has 9 unspecified atom stereocenters. The molecule has 0 radical (unpaired) electrons. The van der Waals surface area contributed by atoms with Gasteiger partial charge in [-0.25, -0.2) is 0 Å². The van der Waals surface area contributed by atoms with Crippen LogP contribution in [-0.2, 0) is 38.0 Å². The van der Waals surface area contributed by atoms with Gasteiger partial charge in [0.2, 0.25) is 0 Å². The molecule has 0 aromatic rings. The van der Waals surface area contributed by atoms with Crippen molar-refractivity contribution in [3.05, 3.63) is 11.3 Å². The van der Waals surface area contributed by atoms with E-state index in [0.717, 1.165) is 5.57 Å². The van der Waals surface area contributed by atoms with Crippen LogP contribution in [0.3, 0.4) is 0 Å². The maximum absolute atomic E-state index is 14.3. The molecular formula is C37H65NO12. The number of fused-ring (bicyclic) bond motifs is 2. The quantitative estimate of drug-likeness (QED) is 0.258. The number of rotatable bonds is 9. The highest BCUT2D eigenvalue weighted by molar-refractivity contribution is 5.73. The second kappa shape index (κ2) is 15.5. The van der Waals surface area contributed by atoms with Gasteiger partial charge in [-0.05, 0) is 81.0 Å². The lowest BCUT2D eigenvalue weighted by Gasteiger charge is -2.48. The fourth-order valence-electron chi connectivity index (χ4n) is 8.73. The number of nitrogens with zero attached hydrogens (tertiary/aromatic N) is 1. The van der Waals surface area contributed by atoms with Crippen LogP contribution in [0.4, 0.5) is 0 Å². The van der Waals surface area contributed by atoms with Crippen LogP contribution in [0.1, 0.15) is 94.9 Å². The smallest absolute Gasteiger partial charge is 0.311 e. The number of esters is 1. The highest BCUT2D eigenvalue weighted by Crippen LogP contribution is 2.48. The largest absolute Gasteiger partial charge is 0.488 e. The zero-order chi connectivity index (χ0) is 37.7. The van der Waals surface area contributed by atoms with Gasteiger partial charge in [0.15, 0.2) is 12.6 Å². The van der Waals surface area contributed by atoms with Gasteiger partial charge < -0.3 is 58.5 Å². The topological polar surface area (TPSA) is 166 Å². The zero-order valence-electron chi connectivity index (χ0n) is 32.4. The van der Waals surface area contributed by atoms with Crippen LogP contribution in [-0.4, -0.2) is 137 Å². The average molecular weight is 716 g/mol. The Morgan fingerprint density at radius 1 is 1.06 bits per heavy atom. The van der Waals surface area contributed by atoms with Crippen LogP contribution in [0.15, 0.2) is 11.3 Å². The summed E-state index contributed by atoms with van der Waals surface area (Å²) in [6, 6.07) is -0.223. The van der Waals surface area contributed by atoms with Crippen LogP contribution >= 0.6 is 0 Å². The van der Waals surface area contributed by atoms with Gasteiger partial charge in [0.1, 0.15) is 41.4 Å². The summed E-state index contributed by atoms with van der Waals surface area (Å²) in [7, 11) is 5.35. The van der Waals surface area contributed by atoms with Gasteiger partial charge in [0, 0.05) is 31.9 Å². The summed E-state index contributed by atoms with van der Waals surface area (Å²) in [6.07, 6.45) is -7.24. The number of methoxy groups -OCH3 is 1. The predicted molar refractivity (Wildman–Crippen MR) is 184 cm³/mol. The highest BCUT2D eigenvalue weighted by atomic mass is 16.7. The molecule has 0 saturated carbocycles. The number of aliphatic hydroxyl groups excluding tert-OH is 3. The monoisotopic (exact) mass is 715 g/mol. The summed E-state index contributed by atoms with van der Waals surface area (Å²) in [6.45, 7) is 18.0. The van der Waals surface area contributed by atoms with Crippen LogP contribution in [0.2, 0.25) is 0 Å². The molecule has 2 bridgehead atoms. The molecule has 13 heteroatoms. The molecule has 0 amide bonds. The lowest BCUT2D eigenvalue weighted by molar-refractivity contribution is -0.316. The first kappa shape index (κ1) is 41.4. The minimum atomic E-state index is -1.82. The van der Waals surface area contributed by atoms with E-state index in [-0.39, 0.29) is 25.0 Å². The predicted octanol–water partition coefficient (Wildman–Crippen LogP) is 2.89. The van der Waals surface area contributed by atoms with Crippen molar-refractivity contribution >= 4 is 5.97 Å². The standard InChI is InChI=1S/C37H65NO12/c1-14-25(39)37(10,43)32-20(4)28-18(2)16-36(9,50-28)31(49-34-27(40)24(38(11)12)15-19(3)45-34)21(5)29(22(6)33(42)48-32)47-26-17-35(8,44-13)30(41)23(7)46-26/h19-27,29-32,34,39-41,43H,14-17H2,1-13H3/t19-,20+,21+,22-,23+,24?,25?,26?,27?,29?,30?,31?,32?,34?,35-,36-,37-/m1/s1. The van der Waals surface area contributed by atoms with Gasteiger partial charge in [-0.15, -0.1) is 0 Å². The molecule has 4 aliphatic rings. The van der Waals surface area contributed by atoms with Gasteiger partial charge in [0.25, 0.3) is 0 Å². The molecule has 13 nitrogen and oxygen atoms in total. The Bertz CT molecular complexity index is 1210. The molecule has 0 aromatic heterocycles. The fraction of sp³-hybridized carbons (Fsp3) is 0.919. The normalized spacial score (nSPS) is 46.5. The second-order valence-corrected chi connectivity index (χ2v) is 16.3. The van der Waals surface area contributed by atoms with Gasteiger partial charge >= 0.3 is 5.97 Å². The molecule has 3 saturated heterocycles. The first-order valence-corrected chi connectivity index (χ1v) is 18.3. The van der Waals surface area contributed by atoms with Crippen LogP contribution in [0, 0.1) is 17.8 Å². The van der Waals surface area contributed by atoms with Crippen molar-refractivity contribution < 1.29 is 58.4 Å². The van der Waals surface area contributed by atoms with Crippen molar-refractivity contribution in [2.24, 2.45) is 17.8 Å². The highest BCUT2D eigenvalue weighted by Gasteiger charge is 2.57. The molecule has 0 aliphatic carbocycles. The van der Waals surface area contributed by atoms with Crippen molar-refractivity contribution in [1.82, 2.24) is 4.90 Å². The van der Waals surface area contributed by atoms with Gasteiger partial charge in [0.05, 0.1) is 41.9 Å². The first-order valence-electron chi connectivity index (χ1n) is 18.3. The van der Waals surface area contributed by atoms with E-state index >= 15 is 0 Å². The SMILES string of the molecule is CCC(O)[C@@](C)(O)C1OC(=O)[C@H](C)C(OC2C[C@@](C)(OC)C(O)[C@H](C)O2)[C@H](C)C(OC2O[C@H](C)CC(N(C)C)C2O)[C@@]2(C)CC(C)=C(O2)[C@@H]1C. The number of hydrogen-bond acceptors (Lipinski definition) is 13. The summed E-state index contributed by atoms with van der Waals surface area (Å²) in [5, 5.41) is 45.2. The second-order valence-electron chi connectivity index (χ2n) is 16.3. The average Bonchev–Trinajstić information content (AvgIpc) is 3.36. The fourth-order valence-corrected chi connectivity index (χ4v) is 8.73. The third-order valence-corrected chi connectivity index (χ3v) is 11.9. The summed E-state index contributed by atoms with van der Waals surface area (Å²) in [5.41, 5.74) is -2.95. The summed E-state index contributed by atoms with van der Waals surface area (Å²) >= 11 is 0. The van der Waals surface area contributed by atoms with Crippen molar-refractivity contribution in [2.75, 3.05) is 21.2 Å². The zero-order valence-corrected chi connectivity index (χ0v) is 32.4. The lowest BCUT2D eigenvalue weighted by atomic mass is 9.78. The Balaban J connectivity index is 1.83. The minimum absolute atomic E-state index is 0.174. The van der Waals surface area contributed by atoms with E-state index in [1.165, 1.54) is 14.0 Å². The number of hydrogen-bond donors (Lipinski definition) is 4. The van der Waals surface area contributed by atoms with Gasteiger partial charge in [-0.1, -0.05) is 20.8 Å². The number of carbonyl (C=O) groups excluding carboxylic acids is 1. The Morgan fingerprint density at radius 2 is 1.70 bits per heavy atom. The third kappa shape index (κ3) is 7.93.